The highest BCUT2D eigenvalue weighted by atomic mass is 35.6. The fraction of sp³-hybridized carbons (Fsp3) is 1.00. The largest absolute Gasteiger partial charge is 0.377 e. The number of halogens is 3. The van der Waals surface area contributed by atoms with E-state index < -0.39 is 17.2 Å². The zero-order chi connectivity index (χ0) is 14.6. The molecule has 0 aromatic heterocycles. The van der Waals surface area contributed by atoms with Crippen molar-refractivity contribution >= 4 is 42.4 Å². The van der Waals surface area contributed by atoms with Gasteiger partial charge in [0.25, 0.3) is 0 Å². The molecular weight excluding hydrogens is 321 g/mol. The third kappa shape index (κ3) is 5.96. The maximum atomic E-state index is 12.6. The number of hydrogen-bond acceptors (Lipinski definition) is 4. The quantitative estimate of drug-likeness (QED) is 0.547. The topological polar surface area (TPSA) is 55.8 Å². The van der Waals surface area contributed by atoms with E-state index in [9.17, 15) is 9.67 Å². The molecule has 8 heteroatoms. The van der Waals surface area contributed by atoms with Crippen LogP contribution in [-0.4, -0.2) is 27.0 Å². The van der Waals surface area contributed by atoms with E-state index in [2.05, 4.69) is 0 Å². The second-order valence-electron chi connectivity index (χ2n) is 4.10. The first-order valence-electron chi connectivity index (χ1n) is 5.78. The number of aliphatic hydroxyl groups excluding tert-OH is 1. The second-order valence-corrected chi connectivity index (χ2v) is 8.46. The standard InChI is InChI=1S/C10H20Cl3O4P/c1-5-7(3)16-18(15,17-8(4)6-2)9(14)10(11,12)13/h7-9,14H,5-6H2,1-4H3. The van der Waals surface area contributed by atoms with Crippen molar-refractivity contribution in [2.75, 3.05) is 0 Å². The minimum atomic E-state index is -3.92. The first-order valence-corrected chi connectivity index (χ1v) is 8.52. The molecular formula is C10H20Cl3O4P. The second kappa shape index (κ2) is 7.68. The van der Waals surface area contributed by atoms with Gasteiger partial charge in [0.15, 0.2) is 0 Å². The molecule has 0 rings (SSSR count). The van der Waals surface area contributed by atoms with Gasteiger partial charge in [-0.2, -0.15) is 0 Å². The van der Waals surface area contributed by atoms with E-state index in [1.54, 1.807) is 13.8 Å². The summed E-state index contributed by atoms with van der Waals surface area (Å²) in [4.78, 5) is 0. The Labute approximate surface area is 123 Å². The smallest absolute Gasteiger partial charge is 0.363 e. The molecule has 18 heavy (non-hydrogen) atoms. The summed E-state index contributed by atoms with van der Waals surface area (Å²) < 4.78 is 21.0. The van der Waals surface area contributed by atoms with Gasteiger partial charge in [0, 0.05) is 0 Å². The van der Waals surface area contributed by atoms with Gasteiger partial charge in [-0.15, -0.1) is 0 Å². The van der Waals surface area contributed by atoms with E-state index in [-0.39, 0.29) is 12.2 Å². The number of rotatable bonds is 7. The van der Waals surface area contributed by atoms with Gasteiger partial charge >= 0.3 is 7.60 Å². The zero-order valence-electron chi connectivity index (χ0n) is 10.9. The first kappa shape index (κ1) is 19.0. The van der Waals surface area contributed by atoms with Crippen LogP contribution in [0.25, 0.3) is 0 Å². The van der Waals surface area contributed by atoms with Crippen LogP contribution in [0.5, 0.6) is 0 Å². The average Bonchev–Trinajstić information content (AvgIpc) is 2.26. The lowest BCUT2D eigenvalue weighted by Gasteiger charge is -2.31. The summed E-state index contributed by atoms with van der Waals surface area (Å²) in [6.07, 6.45) is 0.449. The van der Waals surface area contributed by atoms with Crippen LogP contribution >= 0.6 is 42.4 Å². The van der Waals surface area contributed by atoms with Crippen LogP contribution in [0.15, 0.2) is 0 Å². The molecule has 1 N–H and O–H groups in total. The lowest BCUT2D eigenvalue weighted by Crippen LogP contribution is -2.29. The van der Waals surface area contributed by atoms with Gasteiger partial charge in [-0.25, -0.2) is 0 Å². The highest BCUT2D eigenvalue weighted by molar-refractivity contribution is 7.55. The maximum absolute atomic E-state index is 12.6. The average molecular weight is 342 g/mol. The minimum Gasteiger partial charge on any atom is -0.377 e. The lowest BCUT2D eigenvalue weighted by atomic mass is 10.3. The number of alkyl halides is 3. The molecule has 0 aliphatic carbocycles. The highest BCUT2D eigenvalue weighted by Crippen LogP contribution is 2.60. The van der Waals surface area contributed by atoms with Crippen LogP contribution in [0.3, 0.4) is 0 Å². The summed E-state index contributed by atoms with van der Waals surface area (Å²) in [7, 11) is -3.92. The molecule has 0 aromatic rings. The van der Waals surface area contributed by atoms with Crippen LogP contribution in [0, 0.1) is 0 Å². The van der Waals surface area contributed by atoms with Gasteiger partial charge in [-0.3, -0.25) is 4.57 Å². The summed E-state index contributed by atoms with van der Waals surface area (Å²) in [5.41, 5.74) is 0. The molecule has 0 aromatic carbocycles. The van der Waals surface area contributed by atoms with E-state index >= 15 is 0 Å². The molecule has 0 aliphatic heterocycles. The fourth-order valence-corrected chi connectivity index (χ4v) is 3.99. The van der Waals surface area contributed by atoms with Gasteiger partial charge in [-0.05, 0) is 26.7 Å². The van der Waals surface area contributed by atoms with E-state index in [0.717, 1.165) is 0 Å². The van der Waals surface area contributed by atoms with Crippen molar-refractivity contribution < 1.29 is 18.7 Å². The van der Waals surface area contributed by atoms with Gasteiger partial charge in [-0.1, -0.05) is 48.7 Å². The molecule has 0 amide bonds. The number of hydrogen-bond donors (Lipinski definition) is 1. The monoisotopic (exact) mass is 340 g/mol. The van der Waals surface area contributed by atoms with Crippen molar-refractivity contribution in [3.05, 3.63) is 0 Å². The Balaban J connectivity index is 5.09. The van der Waals surface area contributed by atoms with Crippen LogP contribution in [0.2, 0.25) is 0 Å². The third-order valence-corrected chi connectivity index (χ3v) is 5.77. The molecule has 0 spiro atoms. The Morgan fingerprint density at radius 1 is 1.11 bits per heavy atom. The Bertz CT molecular complexity index is 279. The van der Waals surface area contributed by atoms with E-state index in [1.807, 2.05) is 13.8 Å². The van der Waals surface area contributed by atoms with Gasteiger partial charge in [0.05, 0.1) is 12.2 Å². The third-order valence-electron chi connectivity index (χ3n) is 2.40. The van der Waals surface area contributed by atoms with Crippen LogP contribution < -0.4 is 0 Å². The first-order chi connectivity index (χ1) is 8.06. The highest BCUT2D eigenvalue weighted by Gasteiger charge is 2.49. The van der Waals surface area contributed by atoms with Gasteiger partial charge in [0.1, 0.15) is 0 Å². The molecule has 110 valence electrons. The molecule has 0 saturated heterocycles. The molecule has 0 aliphatic rings. The molecule has 3 unspecified atom stereocenters. The van der Waals surface area contributed by atoms with Crippen molar-refractivity contribution in [1.82, 2.24) is 0 Å². The van der Waals surface area contributed by atoms with E-state index in [0.29, 0.717) is 12.8 Å². The van der Waals surface area contributed by atoms with Crippen LogP contribution in [-0.2, 0) is 13.6 Å². The SMILES string of the molecule is CCC(C)OP(=O)(OC(C)CC)C(O)C(Cl)(Cl)Cl. The Morgan fingerprint density at radius 3 is 1.67 bits per heavy atom. The van der Waals surface area contributed by atoms with Crippen molar-refractivity contribution in [2.24, 2.45) is 0 Å². The van der Waals surface area contributed by atoms with Crippen molar-refractivity contribution in [3.63, 3.8) is 0 Å². The Kier molecular flexibility index (Phi) is 8.10. The Morgan fingerprint density at radius 2 is 1.44 bits per heavy atom. The van der Waals surface area contributed by atoms with E-state index in [1.165, 1.54) is 0 Å². The molecule has 0 saturated carbocycles. The van der Waals surface area contributed by atoms with Gasteiger partial charge < -0.3 is 14.2 Å². The normalized spacial score (nSPS) is 21.1. The predicted octanol–water partition coefficient (Wildman–Crippen LogP) is 4.50. The minimum absolute atomic E-state index is 0.373. The van der Waals surface area contributed by atoms with E-state index in [4.69, 9.17) is 43.9 Å². The Hall–Kier alpha value is 0.980. The van der Waals surface area contributed by atoms with Crippen molar-refractivity contribution in [2.45, 2.75) is 62.4 Å². The van der Waals surface area contributed by atoms with Crippen LogP contribution in [0.4, 0.5) is 0 Å². The maximum Gasteiger partial charge on any atom is 0.363 e. The van der Waals surface area contributed by atoms with Gasteiger partial charge in [0.2, 0.25) is 9.64 Å². The summed E-state index contributed by atoms with van der Waals surface area (Å²) in [6, 6.07) is 0. The molecule has 3 atom stereocenters. The molecule has 0 bridgehead atoms. The number of aliphatic hydroxyl groups is 1. The predicted molar refractivity (Wildman–Crippen MR) is 75.6 cm³/mol. The van der Waals surface area contributed by atoms with Crippen LogP contribution in [0.1, 0.15) is 40.5 Å². The molecule has 4 nitrogen and oxygen atoms in total. The lowest BCUT2D eigenvalue weighted by molar-refractivity contribution is 0.0888. The fourth-order valence-electron chi connectivity index (χ4n) is 0.970. The summed E-state index contributed by atoms with van der Waals surface area (Å²) in [5.74, 6) is -1.82. The summed E-state index contributed by atoms with van der Waals surface area (Å²) >= 11 is 16.7. The summed E-state index contributed by atoms with van der Waals surface area (Å²) in [6.45, 7) is 7.11. The molecule has 0 heterocycles. The zero-order valence-corrected chi connectivity index (χ0v) is 14.1. The molecule has 0 fully saturated rings. The van der Waals surface area contributed by atoms with Crippen molar-refractivity contribution in [3.8, 4) is 0 Å². The molecule has 0 radical (unpaired) electrons. The van der Waals surface area contributed by atoms with Crippen molar-refractivity contribution in [1.29, 1.82) is 0 Å². The summed E-state index contributed by atoms with van der Waals surface area (Å²) in [5, 5.41) is 9.88.